The Balaban J connectivity index is 1.34. The Bertz CT molecular complexity index is 1940. The van der Waals surface area contributed by atoms with Crippen LogP contribution in [0.15, 0.2) is 96.1 Å². The number of benzene rings is 3. The minimum atomic E-state index is -1.87. The van der Waals surface area contributed by atoms with E-state index in [1.165, 1.54) is 7.11 Å². The molecule has 0 bridgehead atoms. The second-order valence-corrected chi connectivity index (χ2v) is 13.3. The molecule has 0 aliphatic carbocycles. The fraction of sp³-hybridized carbons (Fsp3) is 0.333. The van der Waals surface area contributed by atoms with E-state index in [1.54, 1.807) is 19.1 Å². The molecule has 1 unspecified atom stereocenters. The SMILES string of the molecule is CCc1c2c(nc3ccc(OC(=O)C4CCCN4C(c4ccccc4)c4ccccc4)cc13)/C(=C/C(=C(\C=O)COC)[C@](O)(C=O)CC)N(C)C2. The summed E-state index contributed by atoms with van der Waals surface area (Å²) in [7, 11) is 3.37. The van der Waals surface area contributed by atoms with Crippen molar-refractivity contribution in [1.82, 2.24) is 14.8 Å². The number of ether oxygens (including phenoxy) is 2. The van der Waals surface area contributed by atoms with Crippen molar-refractivity contribution in [2.24, 2.45) is 0 Å². The Morgan fingerprint density at radius 2 is 1.73 bits per heavy atom. The van der Waals surface area contributed by atoms with Gasteiger partial charge in [0.05, 0.1) is 29.6 Å². The van der Waals surface area contributed by atoms with Crippen LogP contribution >= 0.6 is 0 Å². The number of nitrogens with zero attached hydrogens (tertiary/aromatic N) is 3. The molecule has 0 spiro atoms. The highest BCUT2D eigenvalue weighted by Crippen LogP contribution is 2.40. The summed E-state index contributed by atoms with van der Waals surface area (Å²) in [6.07, 6.45) is 5.17. The molecule has 51 heavy (non-hydrogen) atoms. The topological polar surface area (TPSA) is 109 Å². The van der Waals surface area contributed by atoms with Crippen LogP contribution in [0.1, 0.15) is 67.1 Å². The second kappa shape index (κ2) is 15.5. The number of pyridine rings is 1. The molecule has 4 aromatic rings. The summed E-state index contributed by atoms with van der Waals surface area (Å²) in [5, 5.41) is 12.2. The summed E-state index contributed by atoms with van der Waals surface area (Å²) >= 11 is 0. The van der Waals surface area contributed by atoms with Gasteiger partial charge in [0.2, 0.25) is 0 Å². The van der Waals surface area contributed by atoms with Gasteiger partial charge in [0.15, 0.2) is 6.29 Å². The monoisotopic (exact) mass is 687 g/mol. The van der Waals surface area contributed by atoms with Crippen molar-refractivity contribution in [1.29, 1.82) is 0 Å². The maximum atomic E-state index is 13.9. The molecule has 2 atom stereocenters. The number of aromatic nitrogens is 1. The highest BCUT2D eigenvalue weighted by atomic mass is 16.5. The Morgan fingerprint density at radius 3 is 2.31 bits per heavy atom. The molecular formula is C42H45N3O6. The lowest BCUT2D eigenvalue weighted by atomic mass is 9.87. The number of aldehydes is 2. The van der Waals surface area contributed by atoms with Gasteiger partial charge in [0.25, 0.3) is 0 Å². The first-order valence-electron chi connectivity index (χ1n) is 17.6. The molecule has 3 aromatic carbocycles. The fourth-order valence-electron chi connectivity index (χ4n) is 7.56. The number of hydrogen-bond acceptors (Lipinski definition) is 9. The lowest BCUT2D eigenvalue weighted by Gasteiger charge is -2.32. The summed E-state index contributed by atoms with van der Waals surface area (Å²) in [5.74, 6) is 0.189. The zero-order chi connectivity index (χ0) is 36.1. The molecule has 9 heteroatoms. The van der Waals surface area contributed by atoms with E-state index in [4.69, 9.17) is 14.5 Å². The van der Waals surface area contributed by atoms with Gasteiger partial charge in [-0.15, -0.1) is 0 Å². The standard InChI is InChI=1S/C42H45N3O6/c1-5-32-33-22-31(51-41(48)37-18-13-21-45(37)40(28-14-9-7-10-15-28)29-16-11-8-12-17-29)19-20-36(33)43-39-34(32)24-44(3)38(39)23-35(30(25-46)26-50-4)42(49,6-2)27-47/h7-12,14-17,19-20,22-23,25,27,37,40,49H,5-6,13,18,21,24,26H2,1-4H3/b35-30-,38-23-/t37?,42-/m1/s1. The normalized spacial score (nSPS) is 18.5. The van der Waals surface area contributed by atoms with Gasteiger partial charge >= 0.3 is 5.97 Å². The van der Waals surface area contributed by atoms with Crippen LogP contribution < -0.4 is 4.74 Å². The first-order chi connectivity index (χ1) is 24.8. The largest absolute Gasteiger partial charge is 0.425 e. The highest BCUT2D eigenvalue weighted by Gasteiger charge is 2.38. The maximum Gasteiger partial charge on any atom is 0.328 e. The number of likely N-dealkylation sites (tertiary alicyclic amines) is 1. The summed E-state index contributed by atoms with van der Waals surface area (Å²) in [6.45, 7) is 5.03. The van der Waals surface area contributed by atoms with Gasteiger partial charge in [-0.05, 0) is 66.6 Å². The van der Waals surface area contributed by atoms with Gasteiger partial charge in [0, 0.05) is 49.3 Å². The highest BCUT2D eigenvalue weighted by molar-refractivity contribution is 5.91. The Morgan fingerprint density at radius 1 is 1.04 bits per heavy atom. The van der Waals surface area contributed by atoms with E-state index in [0.717, 1.165) is 46.1 Å². The van der Waals surface area contributed by atoms with Crippen LogP contribution in [0.4, 0.5) is 0 Å². The average molecular weight is 688 g/mol. The number of fused-ring (bicyclic) bond motifs is 2. The van der Waals surface area contributed by atoms with E-state index in [-0.39, 0.29) is 36.2 Å². The molecule has 0 radical (unpaired) electrons. The number of methoxy groups -OCH3 is 1. The van der Waals surface area contributed by atoms with E-state index >= 15 is 0 Å². The van der Waals surface area contributed by atoms with Gasteiger partial charge in [-0.1, -0.05) is 74.5 Å². The third-order valence-electron chi connectivity index (χ3n) is 10.2. The van der Waals surface area contributed by atoms with E-state index in [9.17, 15) is 19.5 Å². The smallest absolute Gasteiger partial charge is 0.328 e. The number of hydrogen-bond donors (Lipinski definition) is 1. The van der Waals surface area contributed by atoms with Crippen LogP contribution in [0.25, 0.3) is 16.6 Å². The van der Waals surface area contributed by atoms with Crippen LogP contribution in [0.5, 0.6) is 5.75 Å². The number of carbonyl (C=O) groups excluding carboxylic acids is 3. The van der Waals surface area contributed by atoms with Crippen molar-refractivity contribution >= 4 is 35.1 Å². The van der Waals surface area contributed by atoms with Crippen LogP contribution in [0, 0.1) is 0 Å². The lowest BCUT2D eigenvalue weighted by Crippen LogP contribution is -2.41. The minimum Gasteiger partial charge on any atom is -0.425 e. The minimum absolute atomic E-state index is 0.0556. The van der Waals surface area contributed by atoms with Crippen molar-refractivity contribution < 1.29 is 29.0 Å². The molecular weight excluding hydrogens is 642 g/mol. The molecule has 3 heterocycles. The second-order valence-electron chi connectivity index (χ2n) is 13.3. The molecule has 0 amide bonds. The fourth-order valence-corrected chi connectivity index (χ4v) is 7.56. The number of carbonyl (C=O) groups is 3. The number of esters is 1. The maximum absolute atomic E-state index is 13.9. The van der Waals surface area contributed by atoms with Crippen LogP contribution in [0.2, 0.25) is 0 Å². The molecule has 6 rings (SSSR count). The summed E-state index contributed by atoms with van der Waals surface area (Å²) in [4.78, 5) is 47.5. The average Bonchev–Trinajstić information content (AvgIpc) is 3.76. The zero-order valence-electron chi connectivity index (χ0n) is 29.7. The molecule has 2 aliphatic rings. The Labute approximate surface area is 299 Å². The molecule has 1 N–H and O–H groups in total. The van der Waals surface area contributed by atoms with Crippen molar-refractivity contribution in [3.63, 3.8) is 0 Å². The predicted molar refractivity (Wildman–Crippen MR) is 197 cm³/mol. The van der Waals surface area contributed by atoms with Crippen molar-refractivity contribution in [2.45, 2.75) is 63.8 Å². The molecule has 264 valence electrons. The van der Waals surface area contributed by atoms with Gasteiger partial charge in [-0.25, -0.2) is 9.78 Å². The summed E-state index contributed by atoms with van der Waals surface area (Å²) < 4.78 is 11.4. The van der Waals surface area contributed by atoms with Crippen molar-refractivity contribution in [3.8, 4) is 5.75 Å². The molecule has 2 aliphatic heterocycles. The quantitative estimate of drug-likeness (QED) is 0.0758. The third-order valence-corrected chi connectivity index (χ3v) is 10.2. The van der Waals surface area contributed by atoms with Crippen LogP contribution in [-0.2, 0) is 32.1 Å². The predicted octanol–water partition coefficient (Wildman–Crippen LogP) is 6.22. The molecule has 9 nitrogen and oxygen atoms in total. The van der Waals surface area contributed by atoms with Crippen LogP contribution in [0.3, 0.4) is 0 Å². The van der Waals surface area contributed by atoms with Gasteiger partial charge < -0.3 is 19.5 Å². The van der Waals surface area contributed by atoms with Gasteiger partial charge in [-0.2, -0.15) is 0 Å². The summed E-state index contributed by atoms with van der Waals surface area (Å²) in [6, 6.07) is 25.7. The molecule has 1 saturated heterocycles. The van der Waals surface area contributed by atoms with E-state index in [2.05, 4.69) is 36.1 Å². The zero-order valence-corrected chi connectivity index (χ0v) is 29.7. The van der Waals surface area contributed by atoms with E-state index in [0.29, 0.717) is 49.1 Å². The molecule has 0 saturated carbocycles. The number of aliphatic hydroxyl groups is 1. The van der Waals surface area contributed by atoms with Crippen LogP contribution in [-0.4, -0.2) is 77.4 Å². The van der Waals surface area contributed by atoms with E-state index < -0.39 is 11.6 Å². The number of aryl methyl sites for hydroxylation is 1. The Kier molecular flexibility index (Phi) is 10.9. The van der Waals surface area contributed by atoms with Crippen molar-refractivity contribution in [2.75, 3.05) is 27.3 Å². The number of rotatable bonds is 13. The molecule has 1 fully saturated rings. The first-order valence-corrected chi connectivity index (χ1v) is 17.6. The van der Waals surface area contributed by atoms with Gasteiger partial charge in [-0.3, -0.25) is 14.5 Å². The summed E-state index contributed by atoms with van der Waals surface area (Å²) in [5.41, 5.74) is 4.97. The Hall–Kier alpha value is -4.96. The van der Waals surface area contributed by atoms with Gasteiger partial charge in [0.1, 0.15) is 23.7 Å². The van der Waals surface area contributed by atoms with E-state index in [1.807, 2.05) is 60.5 Å². The van der Waals surface area contributed by atoms with Crippen molar-refractivity contribution in [3.05, 3.63) is 124 Å². The third kappa shape index (κ3) is 7.02. The first kappa shape index (κ1) is 35.9. The lowest BCUT2D eigenvalue weighted by molar-refractivity contribution is -0.140. The molecule has 1 aromatic heterocycles.